The average molecular weight is 263 g/mol. The van der Waals surface area contributed by atoms with E-state index in [-0.39, 0.29) is 0 Å². The molecule has 0 atom stereocenters. The summed E-state index contributed by atoms with van der Waals surface area (Å²) in [5.41, 5.74) is 0.542. The molecular formula is C12H8BClO2S. The number of fused-ring (bicyclic) bond motifs is 3. The van der Waals surface area contributed by atoms with Crippen LogP contribution in [-0.4, -0.2) is 17.2 Å². The van der Waals surface area contributed by atoms with Crippen LogP contribution >= 0.6 is 22.9 Å². The first kappa shape index (κ1) is 11.0. The van der Waals surface area contributed by atoms with E-state index in [0.717, 1.165) is 20.2 Å². The lowest BCUT2D eigenvalue weighted by atomic mass is 9.80. The van der Waals surface area contributed by atoms with Gasteiger partial charge < -0.3 is 10.0 Å². The Kier molecular flexibility index (Phi) is 2.60. The summed E-state index contributed by atoms with van der Waals surface area (Å²) < 4.78 is 1.96. The summed E-state index contributed by atoms with van der Waals surface area (Å²) in [6, 6.07) is 11.2. The summed E-state index contributed by atoms with van der Waals surface area (Å²) in [5.74, 6) is 0. The molecule has 0 bridgehead atoms. The molecule has 17 heavy (non-hydrogen) atoms. The van der Waals surface area contributed by atoms with Crippen molar-refractivity contribution in [2.45, 2.75) is 0 Å². The monoisotopic (exact) mass is 262 g/mol. The Morgan fingerprint density at radius 1 is 1.06 bits per heavy atom. The smallest absolute Gasteiger partial charge is 0.423 e. The predicted octanol–water partition coefficient (Wildman–Crippen LogP) is 2.39. The highest BCUT2D eigenvalue weighted by molar-refractivity contribution is 7.27. The van der Waals surface area contributed by atoms with Crippen molar-refractivity contribution in [3.8, 4) is 0 Å². The van der Waals surface area contributed by atoms with Crippen LogP contribution in [0.25, 0.3) is 20.2 Å². The number of thiophene rings is 1. The molecule has 1 heterocycles. The Labute approximate surface area is 107 Å². The molecule has 2 N–H and O–H groups in total. The van der Waals surface area contributed by atoms with Gasteiger partial charge in [-0.1, -0.05) is 35.9 Å². The molecule has 0 fully saturated rings. The van der Waals surface area contributed by atoms with Crippen molar-refractivity contribution in [3.63, 3.8) is 0 Å². The second kappa shape index (κ2) is 4.00. The first-order valence-corrected chi connectivity index (χ1v) is 6.33. The van der Waals surface area contributed by atoms with Crippen molar-refractivity contribution in [1.82, 2.24) is 0 Å². The lowest BCUT2D eigenvalue weighted by Gasteiger charge is -2.00. The van der Waals surface area contributed by atoms with E-state index in [1.807, 2.05) is 30.3 Å². The number of benzene rings is 2. The van der Waals surface area contributed by atoms with Gasteiger partial charge in [0.05, 0.1) is 0 Å². The lowest BCUT2D eigenvalue weighted by molar-refractivity contribution is 0.426. The molecule has 3 aromatic rings. The summed E-state index contributed by atoms with van der Waals surface area (Å²) in [4.78, 5) is 0. The molecule has 0 aliphatic heterocycles. The largest absolute Gasteiger partial charge is 0.489 e. The third kappa shape index (κ3) is 1.74. The molecular weight excluding hydrogens is 254 g/mol. The van der Waals surface area contributed by atoms with E-state index in [1.54, 1.807) is 6.07 Å². The molecule has 0 radical (unpaired) electrons. The van der Waals surface area contributed by atoms with Crippen LogP contribution in [0.5, 0.6) is 0 Å². The maximum atomic E-state index is 9.34. The van der Waals surface area contributed by atoms with Crippen molar-refractivity contribution >= 4 is 55.7 Å². The molecule has 2 nitrogen and oxygen atoms in total. The molecule has 5 heteroatoms. The van der Waals surface area contributed by atoms with Gasteiger partial charge in [-0.25, -0.2) is 0 Å². The minimum atomic E-state index is -1.44. The Bertz CT molecular complexity index is 708. The Morgan fingerprint density at radius 2 is 1.88 bits per heavy atom. The van der Waals surface area contributed by atoms with E-state index in [9.17, 15) is 10.0 Å². The van der Waals surface area contributed by atoms with Crippen LogP contribution in [0.1, 0.15) is 0 Å². The Hall–Kier alpha value is -1.07. The van der Waals surface area contributed by atoms with Gasteiger partial charge >= 0.3 is 7.12 Å². The van der Waals surface area contributed by atoms with Gasteiger partial charge in [-0.3, -0.25) is 0 Å². The van der Waals surface area contributed by atoms with Gasteiger partial charge in [-0.15, -0.1) is 11.3 Å². The zero-order valence-electron chi connectivity index (χ0n) is 8.72. The quantitative estimate of drug-likeness (QED) is 0.661. The molecule has 0 saturated heterocycles. The van der Waals surface area contributed by atoms with Crippen LogP contribution in [0.4, 0.5) is 0 Å². The zero-order chi connectivity index (χ0) is 12.0. The van der Waals surface area contributed by atoms with Crippen molar-refractivity contribution < 1.29 is 10.0 Å². The summed E-state index contributed by atoms with van der Waals surface area (Å²) in [6.45, 7) is 0. The van der Waals surface area contributed by atoms with Gasteiger partial charge in [0.15, 0.2) is 0 Å². The highest BCUT2D eigenvalue weighted by atomic mass is 35.5. The highest BCUT2D eigenvalue weighted by Crippen LogP contribution is 2.34. The van der Waals surface area contributed by atoms with Crippen molar-refractivity contribution in [1.29, 1.82) is 0 Å². The molecule has 1 aromatic heterocycles. The van der Waals surface area contributed by atoms with Gasteiger partial charge in [0, 0.05) is 19.8 Å². The maximum Gasteiger partial charge on any atom is 0.489 e. The number of rotatable bonds is 1. The fraction of sp³-hybridized carbons (Fsp3) is 0. The third-order valence-corrected chi connectivity index (χ3v) is 4.22. The van der Waals surface area contributed by atoms with Crippen LogP contribution in [0.15, 0.2) is 36.4 Å². The molecule has 84 valence electrons. The summed E-state index contributed by atoms with van der Waals surface area (Å²) in [6.07, 6.45) is 0. The Morgan fingerprint density at radius 3 is 2.65 bits per heavy atom. The normalized spacial score (nSPS) is 11.2. The standard InChI is InChI=1S/C12H8BClO2S/c14-7-4-5-8-9-2-1-3-10(13(15)16)12(9)17-11(8)6-7/h1-6,15-16H. The van der Waals surface area contributed by atoms with E-state index in [2.05, 4.69) is 0 Å². The second-order valence-corrected chi connectivity index (χ2v) is 5.33. The molecule has 0 aliphatic carbocycles. The van der Waals surface area contributed by atoms with Gasteiger partial charge in [0.2, 0.25) is 0 Å². The minimum absolute atomic E-state index is 0.542. The van der Waals surface area contributed by atoms with Crippen molar-refractivity contribution in [3.05, 3.63) is 41.4 Å². The maximum absolute atomic E-state index is 9.34. The van der Waals surface area contributed by atoms with E-state index in [0.29, 0.717) is 10.5 Å². The minimum Gasteiger partial charge on any atom is -0.423 e. The first-order chi connectivity index (χ1) is 8.16. The molecule has 0 amide bonds. The second-order valence-electron chi connectivity index (χ2n) is 3.84. The van der Waals surface area contributed by atoms with Gasteiger partial charge in [0.25, 0.3) is 0 Å². The van der Waals surface area contributed by atoms with Crippen LogP contribution < -0.4 is 5.46 Å². The van der Waals surface area contributed by atoms with E-state index in [4.69, 9.17) is 11.6 Å². The average Bonchev–Trinajstić information content (AvgIpc) is 2.65. The van der Waals surface area contributed by atoms with E-state index in [1.165, 1.54) is 11.3 Å². The zero-order valence-corrected chi connectivity index (χ0v) is 10.3. The van der Waals surface area contributed by atoms with Crippen molar-refractivity contribution in [2.24, 2.45) is 0 Å². The highest BCUT2D eigenvalue weighted by Gasteiger charge is 2.17. The lowest BCUT2D eigenvalue weighted by Crippen LogP contribution is -2.29. The van der Waals surface area contributed by atoms with Crippen LogP contribution in [0, 0.1) is 0 Å². The van der Waals surface area contributed by atoms with Crippen LogP contribution in [-0.2, 0) is 0 Å². The fourth-order valence-corrected chi connectivity index (χ4v) is 3.51. The predicted molar refractivity (Wildman–Crippen MR) is 74.2 cm³/mol. The SMILES string of the molecule is OB(O)c1cccc2c1sc1cc(Cl)ccc12. The molecule has 3 rings (SSSR count). The van der Waals surface area contributed by atoms with Gasteiger partial charge in [0.1, 0.15) is 0 Å². The number of hydrogen-bond acceptors (Lipinski definition) is 3. The van der Waals surface area contributed by atoms with Gasteiger partial charge in [-0.2, -0.15) is 0 Å². The van der Waals surface area contributed by atoms with Crippen LogP contribution in [0.2, 0.25) is 5.02 Å². The molecule has 0 saturated carbocycles. The van der Waals surface area contributed by atoms with Gasteiger partial charge in [-0.05, 0) is 23.0 Å². The summed E-state index contributed by atoms with van der Waals surface area (Å²) in [5, 5.41) is 21.5. The fourth-order valence-electron chi connectivity index (χ4n) is 2.00. The third-order valence-electron chi connectivity index (χ3n) is 2.77. The molecule has 0 spiro atoms. The van der Waals surface area contributed by atoms with Crippen LogP contribution in [0.3, 0.4) is 0 Å². The van der Waals surface area contributed by atoms with E-state index < -0.39 is 7.12 Å². The van der Waals surface area contributed by atoms with Crippen molar-refractivity contribution in [2.75, 3.05) is 0 Å². The summed E-state index contributed by atoms with van der Waals surface area (Å²) >= 11 is 7.48. The number of halogens is 1. The first-order valence-electron chi connectivity index (χ1n) is 5.13. The number of hydrogen-bond donors (Lipinski definition) is 2. The Balaban J connectivity index is 2.46. The molecule has 0 aliphatic rings. The topological polar surface area (TPSA) is 40.5 Å². The van der Waals surface area contributed by atoms with E-state index >= 15 is 0 Å². The summed E-state index contributed by atoms with van der Waals surface area (Å²) in [7, 11) is -1.44. The molecule has 0 unspecified atom stereocenters. The molecule has 2 aromatic carbocycles.